The number of piperidine rings is 1. The van der Waals surface area contributed by atoms with Crippen LogP contribution in [0.3, 0.4) is 0 Å². The molecule has 0 saturated carbocycles. The fourth-order valence-electron chi connectivity index (χ4n) is 5.99. The van der Waals surface area contributed by atoms with Gasteiger partial charge < -0.3 is 38.9 Å². The molecular formula is C37H42N8O8. The van der Waals surface area contributed by atoms with Gasteiger partial charge in [-0.1, -0.05) is 36.3 Å². The minimum atomic E-state index is -0.704. The number of Topliss-reactive ketones (excluding diaryl/α,β-unsaturated/α-hetero) is 1. The van der Waals surface area contributed by atoms with Crippen LogP contribution in [0.1, 0.15) is 45.3 Å². The van der Waals surface area contributed by atoms with Crippen molar-refractivity contribution in [3.05, 3.63) is 66.0 Å². The molecule has 4 heterocycles. The molecule has 5 rings (SSSR count). The SMILES string of the molecule is C#CCOCCOCCOCCOCCNC(=O)c1ncn(-c2ncc(OC)c3c(C(=O)C(=O)N4CCC(C(C#N)c5ccccc5)CC4)c[nH]c23)n1. The number of hydrogen-bond donors (Lipinski definition) is 2. The summed E-state index contributed by atoms with van der Waals surface area (Å²) in [5, 5.41) is 17.2. The smallest absolute Gasteiger partial charge is 0.295 e. The quantitative estimate of drug-likeness (QED) is 0.0585. The fraction of sp³-hybridized carbons (Fsp3) is 0.432. The van der Waals surface area contributed by atoms with Crippen LogP contribution in [0.15, 0.2) is 49.1 Å². The Balaban J connectivity index is 1.12. The van der Waals surface area contributed by atoms with E-state index in [0.717, 1.165) is 5.56 Å². The molecule has 0 radical (unpaired) electrons. The number of carbonyl (C=O) groups excluding carboxylic acids is 3. The molecule has 0 aliphatic carbocycles. The Labute approximate surface area is 306 Å². The van der Waals surface area contributed by atoms with Gasteiger partial charge in [0.05, 0.1) is 88.0 Å². The van der Waals surface area contributed by atoms with Crippen molar-refractivity contribution in [2.75, 3.05) is 79.6 Å². The van der Waals surface area contributed by atoms with Gasteiger partial charge in [0, 0.05) is 25.8 Å². The van der Waals surface area contributed by atoms with E-state index < -0.39 is 17.6 Å². The van der Waals surface area contributed by atoms with Crippen molar-refractivity contribution in [1.29, 1.82) is 5.26 Å². The van der Waals surface area contributed by atoms with Crippen molar-refractivity contribution in [1.82, 2.24) is 34.9 Å². The Morgan fingerprint density at radius 2 is 1.68 bits per heavy atom. The summed E-state index contributed by atoms with van der Waals surface area (Å²) in [5.41, 5.74) is 1.44. The zero-order valence-corrected chi connectivity index (χ0v) is 29.5. The number of ketones is 1. The third kappa shape index (κ3) is 10.0. The molecule has 1 unspecified atom stereocenters. The van der Waals surface area contributed by atoms with Crippen LogP contribution in [0.5, 0.6) is 5.75 Å². The maximum absolute atomic E-state index is 13.6. The number of H-pyrrole nitrogens is 1. The molecule has 1 aliphatic heterocycles. The zero-order valence-electron chi connectivity index (χ0n) is 29.5. The average Bonchev–Trinajstić information content (AvgIpc) is 3.87. The van der Waals surface area contributed by atoms with Gasteiger partial charge in [0.1, 0.15) is 18.7 Å². The molecule has 1 aromatic carbocycles. The van der Waals surface area contributed by atoms with E-state index in [1.54, 1.807) is 0 Å². The molecule has 2 amide bonds. The number of nitriles is 1. The van der Waals surface area contributed by atoms with Crippen molar-refractivity contribution in [3.63, 3.8) is 0 Å². The van der Waals surface area contributed by atoms with Crippen LogP contribution in [-0.4, -0.2) is 127 Å². The number of benzene rings is 1. The van der Waals surface area contributed by atoms with Crippen molar-refractivity contribution in [3.8, 4) is 30.0 Å². The largest absolute Gasteiger partial charge is 0.494 e. The predicted octanol–water partition coefficient (Wildman–Crippen LogP) is 2.31. The third-order valence-electron chi connectivity index (χ3n) is 8.65. The summed E-state index contributed by atoms with van der Waals surface area (Å²) >= 11 is 0. The Morgan fingerprint density at radius 1 is 1.00 bits per heavy atom. The molecule has 3 aromatic heterocycles. The van der Waals surface area contributed by atoms with Gasteiger partial charge in [0.15, 0.2) is 5.82 Å². The van der Waals surface area contributed by atoms with E-state index in [-0.39, 0.29) is 54.5 Å². The highest BCUT2D eigenvalue weighted by Crippen LogP contribution is 2.34. The van der Waals surface area contributed by atoms with E-state index in [1.165, 1.54) is 35.4 Å². The van der Waals surface area contributed by atoms with Crippen LogP contribution in [0.4, 0.5) is 0 Å². The highest BCUT2D eigenvalue weighted by molar-refractivity contribution is 6.45. The minimum Gasteiger partial charge on any atom is -0.494 e. The Bertz CT molecular complexity index is 1910. The number of rotatable bonds is 20. The summed E-state index contributed by atoms with van der Waals surface area (Å²) < 4.78 is 28.2. The number of methoxy groups -OCH3 is 1. The molecule has 16 heteroatoms. The highest BCUT2D eigenvalue weighted by Gasteiger charge is 2.33. The van der Waals surface area contributed by atoms with E-state index in [1.807, 2.05) is 30.3 Å². The Hall–Kier alpha value is -5.65. The minimum absolute atomic E-state index is 0.0743. The predicted molar refractivity (Wildman–Crippen MR) is 190 cm³/mol. The molecule has 53 heavy (non-hydrogen) atoms. The molecular weight excluding hydrogens is 684 g/mol. The molecule has 0 spiro atoms. The van der Waals surface area contributed by atoms with Crippen LogP contribution < -0.4 is 10.1 Å². The molecule has 1 aliphatic rings. The van der Waals surface area contributed by atoms with E-state index in [9.17, 15) is 19.6 Å². The highest BCUT2D eigenvalue weighted by atomic mass is 16.6. The number of nitrogens with one attached hydrogen (secondary N) is 2. The van der Waals surface area contributed by atoms with Crippen LogP contribution in [0.25, 0.3) is 16.7 Å². The first-order chi connectivity index (χ1) is 26.0. The molecule has 1 saturated heterocycles. The standard InChI is InChI=1S/C37H42N8O8/c1-3-14-50-16-18-52-20-21-53-19-17-51-15-11-39-36(47)34-42-25-45(43-34)35-32-31(30(49-2)24-41-35)29(23-40-32)33(46)37(48)44-12-9-27(10-13-44)28(22-38)26-7-5-4-6-8-26/h1,4-8,23-25,27-28,40H,9-21H2,2H3,(H,39,47). The average molecular weight is 727 g/mol. The molecule has 4 aromatic rings. The number of nitrogens with zero attached hydrogens (tertiary/aromatic N) is 6. The number of aromatic nitrogens is 5. The third-order valence-corrected chi connectivity index (χ3v) is 8.65. The molecule has 16 nitrogen and oxygen atoms in total. The molecule has 2 N–H and O–H groups in total. The van der Waals surface area contributed by atoms with Gasteiger partial charge in [-0.15, -0.1) is 11.5 Å². The summed E-state index contributed by atoms with van der Waals surface area (Å²) in [4.78, 5) is 52.9. The molecule has 0 bridgehead atoms. The number of hydrogen-bond acceptors (Lipinski definition) is 12. The first-order valence-corrected chi connectivity index (χ1v) is 17.2. The van der Waals surface area contributed by atoms with E-state index >= 15 is 0 Å². The van der Waals surface area contributed by atoms with Gasteiger partial charge >= 0.3 is 0 Å². The maximum atomic E-state index is 13.6. The molecule has 278 valence electrons. The monoisotopic (exact) mass is 726 g/mol. The van der Waals surface area contributed by atoms with Gasteiger partial charge in [0.25, 0.3) is 17.6 Å². The second-order valence-corrected chi connectivity index (χ2v) is 11.9. The number of terminal acetylenes is 1. The lowest BCUT2D eigenvalue weighted by atomic mass is 9.81. The second-order valence-electron chi connectivity index (χ2n) is 11.9. The lowest BCUT2D eigenvalue weighted by molar-refractivity contribution is -0.127. The second kappa shape index (κ2) is 19.8. The van der Waals surface area contributed by atoms with E-state index in [4.69, 9.17) is 30.1 Å². The molecule has 1 fully saturated rings. The zero-order chi connectivity index (χ0) is 37.4. The number of ether oxygens (including phenoxy) is 5. The Kier molecular flexibility index (Phi) is 14.4. The van der Waals surface area contributed by atoms with Crippen molar-refractivity contribution < 1.29 is 38.1 Å². The number of carbonyl (C=O) groups is 3. The van der Waals surface area contributed by atoms with Crippen molar-refractivity contribution >= 4 is 28.5 Å². The number of aromatic amines is 1. The Morgan fingerprint density at radius 3 is 2.34 bits per heavy atom. The lowest BCUT2D eigenvalue weighted by Crippen LogP contribution is -2.43. The lowest BCUT2D eigenvalue weighted by Gasteiger charge is -2.33. The van der Waals surface area contributed by atoms with Gasteiger partial charge in [-0.05, 0) is 24.3 Å². The van der Waals surface area contributed by atoms with Gasteiger partial charge in [-0.25, -0.2) is 9.97 Å². The first kappa shape index (κ1) is 38.6. The van der Waals surface area contributed by atoms with E-state index in [2.05, 4.69) is 37.4 Å². The van der Waals surface area contributed by atoms with Crippen LogP contribution >= 0.6 is 0 Å². The van der Waals surface area contributed by atoms with Crippen LogP contribution in [0.2, 0.25) is 0 Å². The number of amides is 2. The summed E-state index contributed by atoms with van der Waals surface area (Å²) in [6, 6.07) is 12.0. The van der Waals surface area contributed by atoms with Gasteiger partial charge in [-0.3, -0.25) is 14.4 Å². The number of pyridine rings is 1. The van der Waals surface area contributed by atoms with Crippen LogP contribution in [0, 0.1) is 29.6 Å². The number of likely N-dealkylation sites (tertiary alicyclic amines) is 1. The van der Waals surface area contributed by atoms with Gasteiger partial charge in [-0.2, -0.15) is 9.94 Å². The van der Waals surface area contributed by atoms with E-state index in [0.29, 0.717) is 76.5 Å². The van der Waals surface area contributed by atoms with Crippen molar-refractivity contribution in [2.24, 2.45) is 5.92 Å². The van der Waals surface area contributed by atoms with Crippen molar-refractivity contribution in [2.45, 2.75) is 18.8 Å². The van der Waals surface area contributed by atoms with Gasteiger partial charge in [0.2, 0.25) is 5.82 Å². The summed E-state index contributed by atoms with van der Waals surface area (Å²) in [6.45, 7) is 3.88. The van der Waals surface area contributed by atoms with Crippen LogP contribution in [-0.2, 0) is 23.7 Å². The number of fused-ring (bicyclic) bond motifs is 1. The topological polar surface area (TPSA) is 196 Å². The first-order valence-electron chi connectivity index (χ1n) is 17.2. The maximum Gasteiger partial charge on any atom is 0.295 e. The summed E-state index contributed by atoms with van der Waals surface area (Å²) in [5.74, 6) is 0.734. The summed E-state index contributed by atoms with van der Waals surface area (Å²) in [6.07, 6.45) is 10.5. The summed E-state index contributed by atoms with van der Waals surface area (Å²) in [7, 11) is 1.44. The molecule has 1 atom stereocenters. The normalized spacial score (nSPS) is 13.7. The fourth-order valence-corrected chi connectivity index (χ4v) is 5.99.